The highest BCUT2D eigenvalue weighted by atomic mass is 16.5. The fourth-order valence-electron chi connectivity index (χ4n) is 2.48. The Morgan fingerprint density at radius 2 is 1.79 bits per heavy atom. The summed E-state index contributed by atoms with van der Waals surface area (Å²) in [6.07, 6.45) is 13.2. The number of hydrogen-bond donors (Lipinski definition) is 0. The molecule has 0 spiro atoms. The summed E-state index contributed by atoms with van der Waals surface area (Å²) in [5.74, 6) is 0. The highest BCUT2D eigenvalue weighted by Gasteiger charge is 2.12. The third kappa shape index (κ3) is 9.92. The largest absolute Gasteiger partial charge is 0.381 e. The van der Waals surface area contributed by atoms with Gasteiger partial charge in [0.2, 0.25) is 0 Å². The minimum atomic E-state index is 0.537. The topological polar surface area (TPSA) is 42.2 Å². The van der Waals surface area contributed by atoms with Gasteiger partial charge in [0.05, 0.1) is 12.2 Å². The quantitative estimate of drug-likeness (QED) is 0.526. The first-order chi connectivity index (χ1) is 9.43. The van der Waals surface area contributed by atoms with Crippen LogP contribution in [0.3, 0.4) is 0 Å². The van der Waals surface area contributed by atoms with Crippen LogP contribution in [0.25, 0.3) is 0 Å². The lowest BCUT2D eigenvalue weighted by atomic mass is 10.0. The molecule has 0 N–H and O–H groups in total. The van der Waals surface area contributed by atoms with Crippen molar-refractivity contribution in [2.24, 2.45) is 0 Å². The molecule has 1 unspecified atom stereocenters. The molecule has 19 heavy (non-hydrogen) atoms. The highest BCUT2D eigenvalue weighted by molar-refractivity contribution is 4.67. The summed E-state index contributed by atoms with van der Waals surface area (Å²) in [6, 6.07) is 2.17. The van der Waals surface area contributed by atoms with Crippen molar-refractivity contribution in [2.45, 2.75) is 76.7 Å². The molecule has 1 aliphatic rings. The van der Waals surface area contributed by atoms with Gasteiger partial charge in [0, 0.05) is 26.2 Å². The summed E-state index contributed by atoms with van der Waals surface area (Å²) in [6.45, 7) is 2.72. The van der Waals surface area contributed by atoms with Crippen LogP contribution in [-0.4, -0.2) is 25.9 Å². The van der Waals surface area contributed by atoms with Gasteiger partial charge in [0.1, 0.15) is 0 Å². The molecule has 1 aliphatic heterocycles. The van der Waals surface area contributed by atoms with Gasteiger partial charge in [0.25, 0.3) is 0 Å². The molecular weight excluding hydrogens is 238 g/mol. The lowest BCUT2D eigenvalue weighted by Crippen LogP contribution is -2.18. The molecule has 0 aromatic rings. The van der Waals surface area contributed by atoms with Crippen LogP contribution in [0.2, 0.25) is 0 Å². The Balaban J connectivity index is 1.72. The van der Waals surface area contributed by atoms with Gasteiger partial charge in [-0.05, 0) is 44.9 Å². The van der Waals surface area contributed by atoms with E-state index in [1.165, 1.54) is 44.9 Å². The minimum absolute atomic E-state index is 0.537. The van der Waals surface area contributed by atoms with E-state index < -0.39 is 0 Å². The first kappa shape index (κ1) is 16.5. The first-order valence-electron chi connectivity index (χ1n) is 8.00. The molecule has 0 aromatic carbocycles. The fraction of sp³-hybridized carbons (Fsp3) is 0.938. The van der Waals surface area contributed by atoms with Crippen molar-refractivity contribution in [3.05, 3.63) is 0 Å². The Bertz CT molecular complexity index is 231. The van der Waals surface area contributed by atoms with E-state index in [2.05, 4.69) is 6.07 Å². The van der Waals surface area contributed by atoms with Crippen LogP contribution < -0.4 is 0 Å². The van der Waals surface area contributed by atoms with Crippen LogP contribution in [0, 0.1) is 11.3 Å². The van der Waals surface area contributed by atoms with Crippen molar-refractivity contribution < 1.29 is 9.47 Å². The predicted molar refractivity (Wildman–Crippen MR) is 77.0 cm³/mol. The van der Waals surface area contributed by atoms with Crippen LogP contribution in [0.5, 0.6) is 0 Å². The van der Waals surface area contributed by atoms with Crippen LogP contribution in [0.1, 0.15) is 70.6 Å². The third-order valence-electron chi connectivity index (χ3n) is 3.67. The number of ether oxygens (including phenoxy) is 2. The van der Waals surface area contributed by atoms with Crippen LogP contribution in [-0.2, 0) is 9.47 Å². The molecule has 3 nitrogen and oxygen atoms in total. The molecule has 0 aromatic heterocycles. The molecule has 1 rings (SSSR count). The lowest BCUT2D eigenvalue weighted by Gasteiger charge is -2.22. The molecule has 1 heterocycles. The zero-order chi connectivity index (χ0) is 13.6. The Morgan fingerprint density at radius 1 is 1.00 bits per heavy atom. The maximum Gasteiger partial charge on any atom is 0.0621 e. The summed E-state index contributed by atoms with van der Waals surface area (Å²) in [5, 5.41) is 8.39. The normalized spacial score (nSPS) is 19.2. The van der Waals surface area contributed by atoms with E-state index >= 15 is 0 Å². The van der Waals surface area contributed by atoms with Crippen molar-refractivity contribution in [3.8, 4) is 6.07 Å². The van der Waals surface area contributed by atoms with E-state index in [-0.39, 0.29) is 0 Å². The van der Waals surface area contributed by atoms with Gasteiger partial charge < -0.3 is 9.47 Å². The van der Waals surface area contributed by atoms with E-state index in [4.69, 9.17) is 14.7 Å². The van der Waals surface area contributed by atoms with Crippen molar-refractivity contribution in [2.75, 3.05) is 19.8 Å². The molecule has 0 radical (unpaired) electrons. The average molecular weight is 267 g/mol. The zero-order valence-electron chi connectivity index (χ0n) is 12.2. The smallest absolute Gasteiger partial charge is 0.0621 e. The van der Waals surface area contributed by atoms with E-state index in [1.807, 2.05) is 0 Å². The average Bonchev–Trinajstić information content (AvgIpc) is 2.46. The summed E-state index contributed by atoms with van der Waals surface area (Å²) in [5.41, 5.74) is 0. The number of nitriles is 1. The molecule has 1 fully saturated rings. The van der Waals surface area contributed by atoms with Crippen molar-refractivity contribution in [3.63, 3.8) is 0 Å². The summed E-state index contributed by atoms with van der Waals surface area (Å²) >= 11 is 0. The minimum Gasteiger partial charge on any atom is -0.381 e. The molecule has 0 bridgehead atoms. The third-order valence-corrected chi connectivity index (χ3v) is 3.67. The van der Waals surface area contributed by atoms with Crippen molar-refractivity contribution in [1.82, 2.24) is 0 Å². The maximum atomic E-state index is 8.39. The van der Waals surface area contributed by atoms with Crippen LogP contribution >= 0.6 is 0 Å². The second kappa shape index (κ2) is 12.4. The number of rotatable bonds is 11. The summed E-state index contributed by atoms with van der Waals surface area (Å²) < 4.78 is 11.3. The Morgan fingerprint density at radius 3 is 2.47 bits per heavy atom. The van der Waals surface area contributed by atoms with E-state index in [9.17, 15) is 0 Å². The first-order valence-corrected chi connectivity index (χ1v) is 8.00. The molecule has 0 amide bonds. The van der Waals surface area contributed by atoms with Gasteiger partial charge in [-0.3, -0.25) is 0 Å². The molecule has 110 valence electrons. The molecule has 1 saturated heterocycles. The SMILES string of the molecule is N#CCCCCCOCCCCCC1CCCCO1. The second-order valence-corrected chi connectivity index (χ2v) is 5.42. The van der Waals surface area contributed by atoms with Gasteiger partial charge in [0.15, 0.2) is 0 Å². The van der Waals surface area contributed by atoms with Gasteiger partial charge >= 0.3 is 0 Å². The van der Waals surface area contributed by atoms with Crippen LogP contribution in [0.4, 0.5) is 0 Å². The monoisotopic (exact) mass is 267 g/mol. The van der Waals surface area contributed by atoms with Crippen molar-refractivity contribution >= 4 is 0 Å². The van der Waals surface area contributed by atoms with Gasteiger partial charge in [-0.15, -0.1) is 0 Å². The van der Waals surface area contributed by atoms with E-state index in [0.717, 1.165) is 39.1 Å². The van der Waals surface area contributed by atoms with Crippen LogP contribution in [0.15, 0.2) is 0 Å². The zero-order valence-corrected chi connectivity index (χ0v) is 12.2. The number of nitrogens with zero attached hydrogens (tertiary/aromatic N) is 1. The Kier molecular flexibility index (Phi) is 10.8. The van der Waals surface area contributed by atoms with Crippen molar-refractivity contribution in [1.29, 1.82) is 5.26 Å². The molecule has 3 heteroatoms. The van der Waals surface area contributed by atoms with E-state index in [0.29, 0.717) is 12.5 Å². The Hall–Kier alpha value is -0.590. The standard InChI is InChI=1S/C16H29NO2/c17-12-6-1-2-7-13-18-14-8-3-4-10-16-11-5-9-15-19-16/h16H,1-11,13-15H2. The lowest BCUT2D eigenvalue weighted by molar-refractivity contribution is 0.00940. The highest BCUT2D eigenvalue weighted by Crippen LogP contribution is 2.18. The van der Waals surface area contributed by atoms with Gasteiger partial charge in [-0.2, -0.15) is 5.26 Å². The predicted octanol–water partition coefficient (Wildman–Crippen LogP) is 4.22. The maximum absolute atomic E-state index is 8.39. The van der Waals surface area contributed by atoms with Gasteiger partial charge in [-0.1, -0.05) is 19.3 Å². The molecule has 0 saturated carbocycles. The van der Waals surface area contributed by atoms with Gasteiger partial charge in [-0.25, -0.2) is 0 Å². The molecular formula is C16H29NO2. The summed E-state index contributed by atoms with van der Waals surface area (Å²) in [4.78, 5) is 0. The number of hydrogen-bond acceptors (Lipinski definition) is 3. The molecule has 1 atom stereocenters. The summed E-state index contributed by atoms with van der Waals surface area (Å²) in [7, 11) is 0. The fourth-order valence-corrected chi connectivity index (χ4v) is 2.48. The molecule has 0 aliphatic carbocycles. The second-order valence-electron chi connectivity index (χ2n) is 5.42. The number of unbranched alkanes of at least 4 members (excludes halogenated alkanes) is 5. The van der Waals surface area contributed by atoms with E-state index in [1.54, 1.807) is 0 Å². The Labute approximate surface area is 118 Å².